The molecule has 8 heteroatoms. The number of benzene rings is 2. The minimum absolute atomic E-state index is 0.0485. The lowest BCUT2D eigenvalue weighted by atomic mass is 10.1. The van der Waals surface area contributed by atoms with E-state index in [1.807, 2.05) is 0 Å². The molecule has 140 valence electrons. The van der Waals surface area contributed by atoms with Crippen LogP contribution in [0.15, 0.2) is 47.4 Å². The zero-order chi connectivity index (χ0) is 19.3. The Balaban J connectivity index is 2.22. The first kappa shape index (κ1) is 19.9. The average Bonchev–Trinajstić information content (AvgIpc) is 2.63. The summed E-state index contributed by atoms with van der Waals surface area (Å²) in [5, 5.41) is 2.60. The number of hydrogen-bond donors (Lipinski definition) is 1. The molecule has 1 amide bonds. The maximum atomic E-state index is 13.4. The van der Waals surface area contributed by atoms with Crippen molar-refractivity contribution >= 4 is 21.6 Å². The number of methoxy groups -OCH3 is 1. The van der Waals surface area contributed by atoms with Gasteiger partial charge in [-0.1, -0.05) is 13.8 Å². The summed E-state index contributed by atoms with van der Waals surface area (Å²) in [5.41, 5.74) is 0.437. The highest BCUT2D eigenvalue weighted by atomic mass is 32.2. The number of rotatable bonds is 7. The molecule has 0 aromatic heterocycles. The molecule has 0 fully saturated rings. The topological polar surface area (TPSA) is 75.7 Å². The average molecular weight is 380 g/mol. The van der Waals surface area contributed by atoms with Crippen LogP contribution in [0.4, 0.5) is 10.1 Å². The van der Waals surface area contributed by atoms with Crippen LogP contribution < -0.4 is 10.1 Å². The molecule has 0 bridgehead atoms. The highest BCUT2D eigenvalue weighted by molar-refractivity contribution is 7.89. The molecule has 0 unspecified atom stereocenters. The molecule has 0 heterocycles. The molecule has 0 aliphatic rings. The van der Waals surface area contributed by atoms with Gasteiger partial charge in [0.05, 0.1) is 17.6 Å². The Morgan fingerprint density at radius 2 is 1.73 bits per heavy atom. The summed E-state index contributed by atoms with van der Waals surface area (Å²) >= 11 is 0. The lowest BCUT2D eigenvalue weighted by molar-refractivity contribution is 0.102. The van der Waals surface area contributed by atoms with Crippen LogP contribution >= 0.6 is 0 Å². The smallest absolute Gasteiger partial charge is 0.259 e. The van der Waals surface area contributed by atoms with Gasteiger partial charge in [-0.25, -0.2) is 12.8 Å². The fraction of sp³-hybridized carbons (Fsp3) is 0.278. The fourth-order valence-corrected chi connectivity index (χ4v) is 3.94. The van der Waals surface area contributed by atoms with E-state index in [1.54, 1.807) is 13.8 Å². The largest absolute Gasteiger partial charge is 0.496 e. The first-order valence-electron chi connectivity index (χ1n) is 8.08. The zero-order valence-corrected chi connectivity index (χ0v) is 15.6. The first-order chi connectivity index (χ1) is 12.3. The number of amides is 1. The van der Waals surface area contributed by atoms with Gasteiger partial charge in [0.2, 0.25) is 10.0 Å². The van der Waals surface area contributed by atoms with Gasteiger partial charge >= 0.3 is 0 Å². The van der Waals surface area contributed by atoms with Crippen LogP contribution in [0.2, 0.25) is 0 Å². The molecule has 0 saturated heterocycles. The summed E-state index contributed by atoms with van der Waals surface area (Å²) < 4.78 is 44.7. The molecule has 6 nitrogen and oxygen atoms in total. The number of anilines is 1. The van der Waals surface area contributed by atoms with Crippen molar-refractivity contribution in [3.63, 3.8) is 0 Å². The summed E-state index contributed by atoms with van der Waals surface area (Å²) in [6.07, 6.45) is 0. The Labute approximate surface area is 152 Å². The summed E-state index contributed by atoms with van der Waals surface area (Å²) in [6.45, 7) is 4.28. The van der Waals surface area contributed by atoms with Crippen molar-refractivity contribution in [2.45, 2.75) is 18.7 Å². The van der Waals surface area contributed by atoms with Crippen LogP contribution in [-0.4, -0.2) is 38.8 Å². The van der Waals surface area contributed by atoms with Crippen molar-refractivity contribution in [2.75, 3.05) is 25.5 Å². The molecule has 0 aliphatic carbocycles. The van der Waals surface area contributed by atoms with E-state index < -0.39 is 21.7 Å². The molecule has 0 radical (unpaired) electrons. The van der Waals surface area contributed by atoms with Gasteiger partial charge in [0.1, 0.15) is 11.6 Å². The van der Waals surface area contributed by atoms with E-state index in [-0.39, 0.29) is 16.2 Å². The molecule has 2 rings (SSSR count). The second kappa shape index (κ2) is 8.29. The van der Waals surface area contributed by atoms with E-state index in [0.717, 1.165) is 6.07 Å². The molecule has 1 N–H and O–H groups in total. The van der Waals surface area contributed by atoms with Crippen molar-refractivity contribution in [1.29, 1.82) is 0 Å². The predicted octanol–water partition coefficient (Wildman–Crippen LogP) is 3.12. The SMILES string of the molecule is CCN(CC)S(=O)(=O)c1ccc(NC(=O)c2cc(F)ccc2OC)cc1. The lowest BCUT2D eigenvalue weighted by Crippen LogP contribution is -2.30. The summed E-state index contributed by atoms with van der Waals surface area (Å²) in [6, 6.07) is 9.46. The standard InChI is InChI=1S/C18H21FN2O4S/c1-4-21(5-2)26(23,24)15-9-7-14(8-10-15)20-18(22)16-12-13(19)6-11-17(16)25-3/h6-12H,4-5H2,1-3H3,(H,20,22). The Morgan fingerprint density at radius 3 is 2.27 bits per heavy atom. The third-order valence-corrected chi connectivity index (χ3v) is 5.93. The minimum Gasteiger partial charge on any atom is -0.496 e. The number of nitrogens with one attached hydrogen (secondary N) is 1. The third-order valence-electron chi connectivity index (χ3n) is 3.86. The predicted molar refractivity (Wildman–Crippen MR) is 97.5 cm³/mol. The van der Waals surface area contributed by atoms with E-state index in [1.165, 1.54) is 47.8 Å². The van der Waals surface area contributed by atoms with Gasteiger partial charge in [0.25, 0.3) is 5.91 Å². The summed E-state index contributed by atoms with van der Waals surface area (Å²) in [4.78, 5) is 12.5. The second-order valence-electron chi connectivity index (χ2n) is 5.41. The van der Waals surface area contributed by atoms with E-state index in [4.69, 9.17) is 4.74 Å². The number of hydrogen-bond acceptors (Lipinski definition) is 4. The van der Waals surface area contributed by atoms with Crippen molar-refractivity contribution in [3.05, 3.63) is 53.8 Å². The van der Waals surface area contributed by atoms with Gasteiger partial charge in [0, 0.05) is 18.8 Å². The van der Waals surface area contributed by atoms with Crippen molar-refractivity contribution < 1.29 is 22.3 Å². The Bertz CT molecular complexity index is 879. The normalized spacial score (nSPS) is 11.4. The van der Waals surface area contributed by atoms with Crippen LogP contribution in [-0.2, 0) is 10.0 Å². The molecule has 0 aliphatic heterocycles. The van der Waals surface area contributed by atoms with Gasteiger partial charge in [-0.2, -0.15) is 4.31 Å². The molecular weight excluding hydrogens is 359 g/mol. The van der Waals surface area contributed by atoms with E-state index in [2.05, 4.69) is 5.32 Å². The number of sulfonamides is 1. The van der Waals surface area contributed by atoms with Crippen molar-refractivity contribution in [2.24, 2.45) is 0 Å². The Kier molecular flexibility index (Phi) is 6.33. The van der Waals surface area contributed by atoms with E-state index in [9.17, 15) is 17.6 Å². The summed E-state index contributed by atoms with van der Waals surface area (Å²) in [5.74, 6) is -0.873. The number of carbonyl (C=O) groups is 1. The summed E-state index contributed by atoms with van der Waals surface area (Å²) in [7, 11) is -2.18. The van der Waals surface area contributed by atoms with E-state index >= 15 is 0 Å². The highest BCUT2D eigenvalue weighted by Gasteiger charge is 2.21. The quantitative estimate of drug-likeness (QED) is 0.801. The highest BCUT2D eigenvalue weighted by Crippen LogP contribution is 2.22. The van der Waals surface area contributed by atoms with Gasteiger partial charge in [-0.05, 0) is 42.5 Å². The van der Waals surface area contributed by atoms with Gasteiger partial charge in [-0.15, -0.1) is 0 Å². The Hall–Kier alpha value is -2.45. The molecule has 2 aromatic carbocycles. The van der Waals surface area contributed by atoms with Crippen LogP contribution in [0.3, 0.4) is 0 Å². The van der Waals surface area contributed by atoms with Crippen LogP contribution in [0, 0.1) is 5.82 Å². The Morgan fingerprint density at radius 1 is 1.12 bits per heavy atom. The third kappa shape index (κ3) is 4.20. The lowest BCUT2D eigenvalue weighted by Gasteiger charge is -2.18. The minimum atomic E-state index is -3.56. The molecular formula is C18H21FN2O4S. The van der Waals surface area contributed by atoms with Gasteiger partial charge in [-0.3, -0.25) is 4.79 Å². The second-order valence-corrected chi connectivity index (χ2v) is 7.35. The maximum Gasteiger partial charge on any atom is 0.259 e. The monoisotopic (exact) mass is 380 g/mol. The number of carbonyl (C=O) groups excluding carboxylic acids is 1. The van der Waals surface area contributed by atoms with Crippen molar-refractivity contribution in [1.82, 2.24) is 4.31 Å². The van der Waals surface area contributed by atoms with Gasteiger partial charge in [0.15, 0.2) is 0 Å². The number of nitrogens with zero attached hydrogens (tertiary/aromatic N) is 1. The van der Waals surface area contributed by atoms with E-state index in [0.29, 0.717) is 18.8 Å². The molecule has 0 saturated carbocycles. The fourth-order valence-electron chi connectivity index (χ4n) is 2.48. The molecule has 0 atom stereocenters. The number of ether oxygens (including phenoxy) is 1. The molecule has 0 spiro atoms. The zero-order valence-electron chi connectivity index (χ0n) is 14.8. The first-order valence-corrected chi connectivity index (χ1v) is 9.52. The van der Waals surface area contributed by atoms with Crippen LogP contribution in [0.5, 0.6) is 5.75 Å². The van der Waals surface area contributed by atoms with Crippen LogP contribution in [0.25, 0.3) is 0 Å². The van der Waals surface area contributed by atoms with Gasteiger partial charge < -0.3 is 10.1 Å². The van der Waals surface area contributed by atoms with Crippen LogP contribution in [0.1, 0.15) is 24.2 Å². The molecule has 26 heavy (non-hydrogen) atoms. The number of halogens is 1. The van der Waals surface area contributed by atoms with Crippen molar-refractivity contribution in [3.8, 4) is 5.75 Å². The molecule has 2 aromatic rings. The maximum absolute atomic E-state index is 13.4.